The molecular weight excluding hydrogens is 382 g/mol. The van der Waals surface area contributed by atoms with Gasteiger partial charge >= 0.3 is 5.97 Å². The SMILES string of the molecule is CC(C)(C)CC(CO)OC(COC(=O)CCCC(=O)NCCS)OC(C)(C)C. The zero-order valence-electron chi connectivity index (χ0n) is 18.2. The highest BCUT2D eigenvalue weighted by Gasteiger charge is 2.27. The first-order valence-corrected chi connectivity index (χ1v) is 10.5. The first kappa shape index (κ1) is 27.2. The molecule has 0 saturated heterocycles. The number of ether oxygens (including phenoxy) is 3. The van der Waals surface area contributed by atoms with E-state index in [0.29, 0.717) is 25.1 Å². The van der Waals surface area contributed by atoms with Crippen molar-refractivity contribution in [2.75, 3.05) is 25.5 Å². The summed E-state index contributed by atoms with van der Waals surface area (Å²) in [6.45, 7) is 12.1. The van der Waals surface area contributed by atoms with E-state index in [-0.39, 0.29) is 37.4 Å². The van der Waals surface area contributed by atoms with E-state index in [1.165, 1.54) is 0 Å². The van der Waals surface area contributed by atoms with E-state index < -0.39 is 24.0 Å². The standard InChI is InChI=1S/C20H39NO6S/c1-19(2,3)12-15(13-22)26-18(27-20(4,5)6)14-25-17(24)9-7-8-16(23)21-10-11-28/h15,18,22,28H,7-14H2,1-6H3,(H,21,23). The summed E-state index contributed by atoms with van der Waals surface area (Å²) in [7, 11) is 0. The smallest absolute Gasteiger partial charge is 0.305 e. The summed E-state index contributed by atoms with van der Waals surface area (Å²) in [6, 6.07) is 0. The second kappa shape index (κ2) is 13.4. The van der Waals surface area contributed by atoms with Gasteiger partial charge in [0, 0.05) is 25.1 Å². The normalized spacial score (nSPS) is 14.4. The Hall–Kier alpha value is -0.830. The number of aliphatic hydroxyl groups is 1. The quantitative estimate of drug-likeness (QED) is 0.240. The molecule has 0 rings (SSSR count). The number of carbonyl (C=O) groups excluding carboxylic acids is 2. The molecule has 0 fully saturated rings. The van der Waals surface area contributed by atoms with E-state index in [1.54, 1.807) is 0 Å². The summed E-state index contributed by atoms with van der Waals surface area (Å²) < 4.78 is 17.0. The maximum atomic E-state index is 12.0. The second-order valence-corrected chi connectivity index (χ2v) is 9.42. The van der Waals surface area contributed by atoms with Crippen LogP contribution in [0.15, 0.2) is 0 Å². The zero-order valence-corrected chi connectivity index (χ0v) is 19.1. The molecule has 0 aromatic carbocycles. The van der Waals surface area contributed by atoms with E-state index in [2.05, 4.69) is 38.7 Å². The molecule has 0 aliphatic heterocycles. The predicted octanol–water partition coefficient (Wildman–Crippen LogP) is 2.70. The number of hydrogen-bond donors (Lipinski definition) is 3. The van der Waals surface area contributed by atoms with Gasteiger partial charge in [0.15, 0.2) is 6.29 Å². The molecule has 2 atom stereocenters. The number of esters is 1. The number of thiol groups is 1. The van der Waals surface area contributed by atoms with Crippen LogP contribution in [0.5, 0.6) is 0 Å². The Morgan fingerprint density at radius 1 is 1.11 bits per heavy atom. The van der Waals surface area contributed by atoms with E-state index in [9.17, 15) is 14.7 Å². The van der Waals surface area contributed by atoms with Gasteiger partial charge in [0.25, 0.3) is 0 Å². The third-order valence-electron chi connectivity index (χ3n) is 3.47. The number of amides is 1. The van der Waals surface area contributed by atoms with Gasteiger partial charge in [-0.25, -0.2) is 0 Å². The van der Waals surface area contributed by atoms with Crippen molar-refractivity contribution in [2.24, 2.45) is 5.41 Å². The van der Waals surface area contributed by atoms with Gasteiger partial charge in [-0.15, -0.1) is 0 Å². The molecule has 1 amide bonds. The third-order valence-corrected chi connectivity index (χ3v) is 3.70. The van der Waals surface area contributed by atoms with Crippen molar-refractivity contribution in [3.63, 3.8) is 0 Å². The molecule has 0 saturated carbocycles. The molecule has 2 N–H and O–H groups in total. The lowest BCUT2D eigenvalue weighted by Gasteiger charge is -2.32. The van der Waals surface area contributed by atoms with Gasteiger partial charge in [-0.3, -0.25) is 9.59 Å². The molecule has 166 valence electrons. The summed E-state index contributed by atoms with van der Waals surface area (Å²) in [5.74, 6) is 0.0593. The van der Waals surface area contributed by atoms with Crippen molar-refractivity contribution in [2.45, 2.75) is 85.2 Å². The average Bonchev–Trinajstić information content (AvgIpc) is 2.54. The Labute approximate surface area is 175 Å². The van der Waals surface area contributed by atoms with Gasteiger partial charge in [-0.05, 0) is 39.0 Å². The van der Waals surface area contributed by atoms with Crippen molar-refractivity contribution < 1.29 is 28.9 Å². The summed E-state index contributed by atoms with van der Waals surface area (Å²) in [5, 5.41) is 12.3. The Balaban J connectivity index is 4.51. The molecular formula is C20H39NO6S. The summed E-state index contributed by atoms with van der Waals surface area (Å²) in [5.41, 5.74) is -0.520. The highest BCUT2D eigenvalue weighted by Crippen LogP contribution is 2.24. The van der Waals surface area contributed by atoms with Crippen LogP contribution >= 0.6 is 12.6 Å². The van der Waals surface area contributed by atoms with Crippen LogP contribution in [0.3, 0.4) is 0 Å². The molecule has 0 spiro atoms. The minimum atomic E-state index is -0.776. The molecule has 0 aliphatic rings. The predicted molar refractivity (Wildman–Crippen MR) is 112 cm³/mol. The minimum absolute atomic E-state index is 0.0239. The van der Waals surface area contributed by atoms with Crippen molar-refractivity contribution in [3.8, 4) is 0 Å². The molecule has 8 heteroatoms. The van der Waals surface area contributed by atoms with Crippen molar-refractivity contribution >= 4 is 24.5 Å². The Kier molecular flexibility index (Phi) is 13.0. The second-order valence-electron chi connectivity index (χ2n) is 8.98. The number of carbonyl (C=O) groups is 2. The molecule has 0 aliphatic carbocycles. The van der Waals surface area contributed by atoms with Crippen LogP contribution < -0.4 is 5.32 Å². The monoisotopic (exact) mass is 421 g/mol. The third kappa shape index (κ3) is 16.2. The van der Waals surface area contributed by atoms with Gasteiger partial charge in [-0.2, -0.15) is 12.6 Å². The van der Waals surface area contributed by atoms with Crippen LogP contribution in [0.4, 0.5) is 0 Å². The lowest BCUT2D eigenvalue weighted by atomic mass is 9.89. The first-order chi connectivity index (χ1) is 12.9. The van der Waals surface area contributed by atoms with Crippen LogP contribution in [0.1, 0.15) is 67.2 Å². The van der Waals surface area contributed by atoms with Crippen molar-refractivity contribution in [3.05, 3.63) is 0 Å². The first-order valence-electron chi connectivity index (χ1n) is 9.83. The van der Waals surface area contributed by atoms with Crippen LogP contribution in [-0.4, -0.2) is 60.5 Å². The summed E-state index contributed by atoms with van der Waals surface area (Å²) in [4.78, 5) is 23.5. The number of rotatable bonds is 13. The lowest BCUT2D eigenvalue weighted by Crippen LogP contribution is -2.38. The average molecular weight is 422 g/mol. The zero-order chi connectivity index (χ0) is 21.8. The summed E-state index contributed by atoms with van der Waals surface area (Å²) >= 11 is 4.02. The Morgan fingerprint density at radius 2 is 1.75 bits per heavy atom. The van der Waals surface area contributed by atoms with Gasteiger partial charge in [0.1, 0.15) is 6.61 Å². The molecule has 2 unspecified atom stereocenters. The maximum Gasteiger partial charge on any atom is 0.305 e. The fourth-order valence-corrected chi connectivity index (χ4v) is 2.57. The number of nitrogens with one attached hydrogen (secondary N) is 1. The van der Waals surface area contributed by atoms with Crippen LogP contribution in [0, 0.1) is 5.41 Å². The molecule has 7 nitrogen and oxygen atoms in total. The van der Waals surface area contributed by atoms with Crippen LogP contribution in [0.25, 0.3) is 0 Å². The highest BCUT2D eigenvalue weighted by atomic mass is 32.1. The fourth-order valence-electron chi connectivity index (χ4n) is 2.46. The molecule has 0 aromatic heterocycles. The molecule has 0 aromatic rings. The number of hydrogen-bond acceptors (Lipinski definition) is 7. The van der Waals surface area contributed by atoms with Gasteiger partial charge in [0.05, 0.1) is 18.3 Å². The van der Waals surface area contributed by atoms with E-state index in [0.717, 1.165) is 0 Å². The molecule has 0 bridgehead atoms. The fraction of sp³-hybridized carbons (Fsp3) is 0.900. The molecule has 0 heterocycles. The molecule has 28 heavy (non-hydrogen) atoms. The number of aliphatic hydroxyl groups excluding tert-OH is 1. The van der Waals surface area contributed by atoms with Crippen molar-refractivity contribution in [1.29, 1.82) is 0 Å². The van der Waals surface area contributed by atoms with Crippen molar-refractivity contribution in [1.82, 2.24) is 5.32 Å². The summed E-state index contributed by atoms with van der Waals surface area (Å²) in [6.07, 6.45) is 0.264. The van der Waals surface area contributed by atoms with Crippen LogP contribution in [0.2, 0.25) is 0 Å². The Bertz CT molecular complexity index is 459. The lowest BCUT2D eigenvalue weighted by molar-refractivity contribution is -0.241. The van der Waals surface area contributed by atoms with Gasteiger partial charge in [-0.1, -0.05) is 20.8 Å². The van der Waals surface area contributed by atoms with Crippen LogP contribution in [-0.2, 0) is 23.8 Å². The molecule has 0 radical (unpaired) electrons. The van der Waals surface area contributed by atoms with E-state index in [1.807, 2.05) is 20.8 Å². The van der Waals surface area contributed by atoms with Gasteiger partial charge < -0.3 is 24.6 Å². The minimum Gasteiger partial charge on any atom is -0.460 e. The van der Waals surface area contributed by atoms with E-state index in [4.69, 9.17) is 14.2 Å². The highest BCUT2D eigenvalue weighted by molar-refractivity contribution is 7.80. The largest absolute Gasteiger partial charge is 0.460 e. The van der Waals surface area contributed by atoms with Gasteiger partial charge in [0.2, 0.25) is 5.91 Å². The Morgan fingerprint density at radius 3 is 2.25 bits per heavy atom. The topological polar surface area (TPSA) is 94.1 Å². The maximum absolute atomic E-state index is 12.0. The van der Waals surface area contributed by atoms with E-state index >= 15 is 0 Å².